The van der Waals surface area contributed by atoms with Crippen molar-refractivity contribution in [1.29, 1.82) is 0 Å². The standard InChI is InChI=1S/C12H22BrNO2/c1-2-11-10(6-8-16-11)9-14-12(15)5-3-4-7-13/h10-11H,2-9H2,1H3,(H,14,15). The van der Waals surface area contributed by atoms with Gasteiger partial charge < -0.3 is 10.1 Å². The van der Waals surface area contributed by atoms with Crippen molar-refractivity contribution in [3.8, 4) is 0 Å². The highest BCUT2D eigenvalue weighted by Crippen LogP contribution is 2.22. The van der Waals surface area contributed by atoms with Crippen LogP contribution in [0.2, 0.25) is 0 Å². The first-order valence-corrected chi connectivity index (χ1v) is 7.34. The lowest BCUT2D eigenvalue weighted by Crippen LogP contribution is -2.32. The first kappa shape index (κ1) is 14.0. The molecular formula is C12H22BrNO2. The van der Waals surface area contributed by atoms with E-state index in [1.807, 2.05) is 0 Å². The van der Waals surface area contributed by atoms with E-state index in [0.717, 1.165) is 44.2 Å². The molecule has 16 heavy (non-hydrogen) atoms. The van der Waals surface area contributed by atoms with Gasteiger partial charge in [-0.15, -0.1) is 0 Å². The fourth-order valence-electron chi connectivity index (χ4n) is 2.09. The molecule has 1 aliphatic rings. The molecule has 0 radical (unpaired) electrons. The molecule has 1 amide bonds. The largest absolute Gasteiger partial charge is 0.378 e. The van der Waals surface area contributed by atoms with Gasteiger partial charge in [0.25, 0.3) is 0 Å². The van der Waals surface area contributed by atoms with Crippen molar-refractivity contribution in [3.05, 3.63) is 0 Å². The molecule has 0 aromatic heterocycles. The molecule has 0 aromatic carbocycles. The molecule has 1 rings (SSSR count). The van der Waals surface area contributed by atoms with Crippen molar-refractivity contribution in [2.45, 2.75) is 45.1 Å². The van der Waals surface area contributed by atoms with Gasteiger partial charge in [-0.1, -0.05) is 22.9 Å². The molecule has 2 atom stereocenters. The van der Waals surface area contributed by atoms with Crippen LogP contribution in [-0.2, 0) is 9.53 Å². The molecule has 0 saturated carbocycles. The summed E-state index contributed by atoms with van der Waals surface area (Å²) in [6, 6.07) is 0. The summed E-state index contributed by atoms with van der Waals surface area (Å²) in [5.74, 6) is 0.702. The van der Waals surface area contributed by atoms with E-state index in [9.17, 15) is 4.79 Å². The third-order valence-electron chi connectivity index (χ3n) is 3.10. The second-order valence-corrected chi connectivity index (χ2v) is 5.11. The van der Waals surface area contributed by atoms with E-state index < -0.39 is 0 Å². The Morgan fingerprint density at radius 3 is 3.00 bits per heavy atom. The van der Waals surface area contributed by atoms with Gasteiger partial charge in [0.1, 0.15) is 0 Å². The van der Waals surface area contributed by atoms with Crippen LogP contribution in [0.5, 0.6) is 0 Å². The van der Waals surface area contributed by atoms with Gasteiger partial charge in [-0.2, -0.15) is 0 Å². The van der Waals surface area contributed by atoms with Crippen LogP contribution in [0.25, 0.3) is 0 Å². The van der Waals surface area contributed by atoms with Crippen LogP contribution in [0.15, 0.2) is 0 Å². The number of amides is 1. The Kier molecular flexibility index (Phi) is 7.05. The summed E-state index contributed by atoms with van der Waals surface area (Å²) in [5, 5.41) is 3.99. The fourth-order valence-corrected chi connectivity index (χ4v) is 2.49. The molecule has 1 N–H and O–H groups in total. The summed E-state index contributed by atoms with van der Waals surface area (Å²) in [5.41, 5.74) is 0. The Hall–Kier alpha value is -0.0900. The first-order chi connectivity index (χ1) is 7.77. The van der Waals surface area contributed by atoms with Crippen LogP contribution in [-0.4, -0.2) is 30.5 Å². The molecule has 0 bridgehead atoms. The maximum Gasteiger partial charge on any atom is 0.220 e. The lowest BCUT2D eigenvalue weighted by atomic mass is 9.99. The Balaban J connectivity index is 2.11. The topological polar surface area (TPSA) is 38.3 Å². The molecule has 4 heteroatoms. The average Bonchev–Trinajstić information content (AvgIpc) is 2.74. The number of carbonyl (C=O) groups excluding carboxylic acids is 1. The number of hydrogen-bond acceptors (Lipinski definition) is 2. The van der Waals surface area contributed by atoms with Crippen molar-refractivity contribution in [3.63, 3.8) is 0 Å². The zero-order valence-electron chi connectivity index (χ0n) is 10.0. The van der Waals surface area contributed by atoms with Crippen LogP contribution in [0.4, 0.5) is 0 Å². The summed E-state index contributed by atoms with van der Waals surface area (Å²) in [6.07, 6.45) is 5.16. The summed E-state index contributed by atoms with van der Waals surface area (Å²) in [7, 11) is 0. The van der Waals surface area contributed by atoms with Crippen LogP contribution >= 0.6 is 15.9 Å². The van der Waals surface area contributed by atoms with Crippen molar-refractivity contribution in [1.82, 2.24) is 5.32 Å². The number of unbranched alkanes of at least 4 members (excludes halogenated alkanes) is 1. The highest BCUT2D eigenvalue weighted by atomic mass is 79.9. The van der Waals surface area contributed by atoms with Gasteiger partial charge in [-0.05, 0) is 25.7 Å². The number of nitrogens with one attached hydrogen (secondary N) is 1. The van der Waals surface area contributed by atoms with E-state index in [4.69, 9.17) is 4.74 Å². The number of carbonyl (C=O) groups is 1. The van der Waals surface area contributed by atoms with Gasteiger partial charge in [-0.25, -0.2) is 0 Å². The van der Waals surface area contributed by atoms with Gasteiger partial charge in [0.15, 0.2) is 0 Å². The maximum absolute atomic E-state index is 11.5. The van der Waals surface area contributed by atoms with Crippen LogP contribution < -0.4 is 5.32 Å². The summed E-state index contributed by atoms with van der Waals surface area (Å²) in [6.45, 7) is 3.77. The number of alkyl halides is 1. The predicted molar refractivity (Wildman–Crippen MR) is 68.8 cm³/mol. The number of hydrogen-bond donors (Lipinski definition) is 1. The number of ether oxygens (including phenoxy) is 1. The zero-order chi connectivity index (χ0) is 11.8. The van der Waals surface area contributed by atoms with Gasteiger partial charge in [-0.3, -0.25) is 4.79 Å². The molecule has 1 heterocycles. The number of halogens is 1. The van der Waals surface area contributed by atoms with E-state index in [2.05, 4.69) is 28.2 Å². The molecular weight excluding hydrogens is 270 g/mol. The minimum absolute atomic E-state index is 0.183. The Labute approximate surface area is 106 Å². The normalized spacial score (nSPS) is 24.6. The lowest BCUT2D eigenvalue weighted by molar-refractivity contribution is -0.121. The van der Waals surface area contributed by atoms with Crippen molar-refractivity contribution < 1.29 is 9.53 Å². The molecule has 1 fully saturated rings. The smallest absolute Gasteiger partial charge is 0.220 e. The van der Waals surface area contributed by atoms with Crippen LogP contribution in [0.1, 0.15) is 39.0 Å². The molecule has 3 nitrogen and oxygen atoms in total. The van der Waals surface area contributed by atoms with Crippen molar-refractivity contribution >= 4 is 21.8 Å². The van der Waals surface area contributed by atoms with Crippen LogP contribution in [0, 0.1) is 5.92 Å². The van der Waals surface area contributed by atoms with Crippen LogP contribution in [0.3, 0.4) is 0 Å². The highest BCUT2D eigenvalue weighted by Gasteiger charge is 2.26. The third kappa shape index (κ3) is 4.83. The van der Waals surface area contributed by atoms with Gasteiger partial charge in [0.05, 0.1) is 6.10 Å². The average molecular weight is 292 g/mol. The molecule has 2 unspecified atom stereocenters. The zero-order valence-corrected chi connectivity index (χ0v) is 11.6. The Bertz CT molecular complexity index is 211. The van der Waals surface area contributed by atoms with Gasteiger partial charge >= 0.3 is 0 Å². The summed E-state index contributed by atoms with van der Waals surface area (Å²) in [4.78, 5) is 11.5. The quantitative estimate of drug-likeness (QED) is 0.578. The molecule has 0 spiro atoms. The van der Waals surface area contributed by atoms with Gasteiger partial charge in [0, 0.05) is 30.8 Å². The number of rotatable bonds is 7. The Morgan fingerprint density at radius 1 is 1.50 bits per heavy atom. The van der Waals surface area contributed by atoms with E-state index in [-0.39, 0.29) is 5.91 Å². The summed E-state index contributed by atoms with van der Waals surface area (Å²) >= 11 is 3.36. The van der Waals surface area contributed by atoms with E-state index in [0.29, 0.717) is 18.4 Å². The minimum Gasteiger partial charge on any atom is -0.378 e. The molecule has 0 aromatic rings. The lowest BCUT2D eigenvalue weighted by Gasteiger charge is -2.17. The monoisotopic (exact) mass is 291 g/mol. The van der Waals surface area contributed by atoms with Gasteiger partial charge in [0.2, 0.25) is 5.91 Å². The summed E-state index contributed by atoms with van der Waals surface area (Å²) < 4.78 is 5.59. The first-order valence-electron chi connectivity index (χ1n) is 6.22. The second-order valence-electron chi connectivity index (χ2n) is 4.32. The second kappa shape index (κ2) is 8.07. The molecule has 1 aliphatic heterocycles. The fraction of sp³-hybridized carbons (Fsp3) is 0.917. The maximum atomic E-state index is 11.5. The molecule has 0 aliphatic carbocycles. The van der Waals surface area contributed by atoms with E-state index in [1.54, 1.807) is 0 Å². The predicted octanol–water partition coefficient (Wildman–Crippen LogP) is 2.48. The SMILES string of the molecule is CCC1OCCC1CNC(=O)CCCCBr. The molecule has 94 valence electrons. The Morgan fingerprint density at radius 2 is 2.31 bits per heavy atom. The third-order valence-corrected chi connectivity index (χ3v) is 3.66. The van der Waals surface area contributed by atoms with E-state index >= 15 is 0 Å². The molecule has 1 saturated heterocycles. The van der Waals surface area contributed by atoms with Crippen molar-refractivity contribution in [2.24, 2.45) is 5.92 Å². The highest BCUT2D eigenvalue weighted by molar-refractivity contribution is 9.09. The van der Waals surface area contributed by atoms with E-state index in [1.165, 1.54) is 0 Å². The van der Waals surface area contributed by atoms with Crippen molar-refractivity contribution in [2.75, 3.05) is 18.5 Å². The minimum atomic E-state index is 0.183.